The number of likely N-dealkylation sites (tertiary alicyclic amines) is 1. The maximum atomic E-state index is 12.4. The van der Waals surface area contributed by atoms with Gasteiger partial charge in [0, 0.05) is 30.9 Å². The van der Waals surface area contributed by atoms with Crippen LogP contribution in [0.3, 0.4) is 0 Å². The van der Waals surface area contributed by atoms with Crippen molar-refractivity contribution in [3.05, 3.63) is 29.8 Å². The number of nitrogens with one attached hydrogen (secondary N) is 2. The van der Waals surface area contributed by atoms with Crippen LogP contribution in [-0.2, 0) is 0 Å². The lowest BCUT2D eigenvalue weighted by molar-refractivity contribution is 0.0697. The number of nitrogens with zero attached hydrogens (tertiary/aromatic N) is 1. The average Bonchev–Trinajstić information content (AvgIpc) is 2.60. The van der Waals surface area contributed by atoms with Gasteiger partial charge in [-0.05, 0) is 43.0 Å². The number of piperidine rings is 1. The van der Waals surface area contributed by atoms with E-state index in [-0.39, 0.29) is 12.5 Å². The number of benzene rings is 1. The van der Waals surface area contributed by atoms with Crippen LogP contribution in [0.25, 0.3) is 0 Å². The van der Waals surface area contributed by atoms with Crippen molar-refractivity contribution in [1.82, 2.24) is 10.2 Å². The molecule has 0 saturated carbocycles. The highest BCUT2D eigenvalue weighted by Gasteiger charge is 2.21. The molecule has 1 aromatic carbocycles. The fourth-order valence-electron chi connectivity index (χ4n) is 2.54. The van der Waals surface area contributed by atoms with E-state index in [0.29, 0.717) is 17.2 Å². The summed E-state index contributed by atoms with van der Waals surface area (Å²) in [6, 6.07) is 6.24. The van der Waals surface area contributed by atoms with Crippen LogP contribution in [0.5, 0.6) is 0 Å². The van der Waals surface area contributed by atoms with Crippen molar-refractivity contribution in [1.29, 1.82) is 0 Å². The van der Waals surface area contributed by atoms with Crippen molar-refractivity contribution in [2.45, 2.75) is 25.9 Å². The van der Waals surface area contributed by atoms with Crippen molar-refractivity contribution in [2.75, 3.05) is 31.6 Å². The van der Waals surface area contributed by atoms with E-state index in [2.05, 4.69) is 17.6 Å². The minimum Gasteiger partial charge on any atom is -0.394 e. The van der Waals surface area contributed by atoms with Gasteiger partial charge in [-0.2, -0.15) is 0 Å². The number of aliphatic hydroxyl groups is 2. The second-order valence-electron chi connectivity index (χ2n) is 6.22. The van der Waals surface area contributed by atoms with E-state index in [1.54, 1.807) is 24.3 Å². The Labute approximate surface area is 141 Å². The van der Waals surface area contributed by atoms with Gasteiger partial charge in [0.15, 0.2) is 0 Å². The maximum absolute atomic E-state index is 12.4. The smallest absolute Gasteiger partial charge is 0.319 e. The fraction of sp³-hybridized carbons (Fsp3) is 0.529. The topological polar surface area (TPSA) is 102 Å². The Morgan fingerprint density at radius 2 is 1.88 bits per heavy atom. The second-order valence-corrected chi connectivity index (χ2v) is 6.22. The number of urea groups is 1. The molecule has 2 rings (SSSR count). The van der Waals surface area contributed by atoms with Crippen LogP contribution in [0.1, 0.15) is 30.1 Å². The SMILES string of the molecule is CC1CCN(C(=O)c2ccc(NC(=O)NCC(O)CO)cc2)CC1. The molecule has 0 aromatic heterocycles. The van der Waals surface area contributed by atoms with Crippen LogP contribution in [0.2, 0.25) is 0 Å². The van der Waals surface area contributed by atoms with Crippen LogP contribution >= 0.6 is 0 Å². The number of anilines is 1. The third-order valence-corrected chi connectivity index (χ3v) is 4.17. The molecule has 1 saturated heterocycles. The van der Waals surface area contributed by atoms with Gasteiger partial charge in [-0.15, -0.1) is 0 Å². The lowest BCUT2D eigenvalue weighted by atomic mass is 9.98. The number of rotatable bonds is 5. The number of amides is 3. The lowest BCUT2D eigenvalue weighted by Gasteiger charge is -2.30. The van der Waals surface area contributed by atoms with Gasteiger partial charge in [-0.25, -0.2) is 4.79 Å². The molecule has 1 aliphatic heterocycles. The highest BCUT2D eigenvalue weighted by Crippen LogP contribution is 2.19. The van der Waals surface area contributed by atoms with Gasteiger partial charge in [-0.1, -0.05) is 6.92 Å². The van der Waals surface area contributed by atoms with Crippen LogP contribution < -0.4 is 10.6 Å². The second kappa shape index (κ2) is 8.65. The van der Waals surface area contributed by atoms with E-state index in [9.17, 15) is 14.7 Å². The Morgan fingerprint density at radius 3 is 2.46 bits per heavy atom. The van der Waals surface area contributed by atoms with E-state index in [1.165, 1.54) is 0 Å². The predicted octanol–water partition coefficient (Wildman–Crippen LogP) is 1.03. The molecule has 1 atom stereocenters. The molecule has 4 N–H and O–H groups in total. The van der Waals surface area contributed by atoms with Gasteiger partial charge >= 0.3 is 6.03 Å². The van der Waals surface area contributed by atoms with E-state index in [4.69, 9.17) is 5.11 Å². The quantitative estimate of drug-likeness (QED) is 0.645. The minimum atomic E-state index is -0.983. The molecular formula is C17H25N3O4. The van der Waals surface area contributed by atoms with E-state index in [0.717, 1.165) is 25.9 Å². The molecule has 7 heteroatoms. The maximum Gasteiger partial charge on any atom is 0.319 e. The van der Waals surface area contributed by atoms with Crippen molar-refractivity contribution < 1.29 is 19.8 Å². The third-order valence-electron chi connectivity index (χ3n) is 4.17. The molecule has 0 bridgehead atoms. The first-order valence-corrected chi connectivity index (χ1v) is 8.22. The van der Waals surface area contributed by atoms with E-state index >= 15 is 0 Å². The van der Waals surface area contributed by atoms with Gasteiger partial charge in [-0.3, -0.25) is 4.79 Å². The van der Waals surface area contributed by atoms with Crippen LogP contribution in [0.4, 0.5) is 10.5 Å². The first-order valence-electron chi connectivity index (χ1n) is 8.22. The van der Waals surface area contributed by atoms with Crippen molar-refractivity contribution in [3.8, 4) is 0 Å². The van der Waals surface area contributed by atoms with Crippen LogP contribution in [-0.4, -0.2) is 59.4 Å². The number of hydrogen-bond acceptors (Lipinski definition) is 4. The molecule has 1 unspecified atom stereocenters. The average molecular weight is 335 g/mol. The molecule has 7 nitrogen and oxygen atoms in total. The third kappa shape index (κ3) is 5.21. The molecule has 24 heavy (non-hydrogen) atoms. The van der Waals surface area contributed by atoms with E-state index < -0.39 is 18.7 Å². The molecule has 3 amide bonds. The highest BCUT2D eigenvalue weighted by molar-refractivity contribution is 5.95. The molecule has 132 valence electrons. The normalized spacial score (nSPS) is 16.5. The van der Waals surface area contributed by atoms with Gasteiger partial charge in [0.1, 0.15) is 0 Å². The molecule has 1 fully saturated rings. The van der Waals surface area contributed by atoms with Crippen molar-refractivity contribution in [3.63, 3.8) is 0 Å². The Kier molecular flexibility index (Phi) is 6.57. The first-order chi connectivity index (χ1) is 11.5. The lowest BCUT2D eigenvalue weighted by Crippen LogP contribution is -2.38. The summed E-state index contributed by atoms with van der Waals surface area (Å²) in [4.78, 5) is 25.9. The minimum absolute atomic E-state index is 0.0176. The summed E-state index contributed by atoms with van der Waals surface area (Å²) in [5.41, 5.74) is 1.15. The number of carbonyl (C=O) groups excluding carboxylic acids is 2. The molecule has 1 heterocycles. The number of hydrogen-bond donors (Lipinski definition) is 4. The predicted molar refractivity (Wildman–Crippen MR) is 90.9 cm³/mol. The summed E-state index contributed by atoms with van der Waals surface area (Å²) in [5.74, 6) is 0.687. The van der Waals surface area contributed by atoms with Gasteiger partial charge in [0.25, 0.3) is 5.91 Å². The van der Waals surface area contributed by atoms with Gasteiger partial charge in [0.2, 0.25) is 0 Å². The zero-order chi connectivity index (χ0) is 17.5. The Hall–Kier alpha value is -2.12. The Bertz CT molecular complexity index is 553. The molecule has 0 spiro atoms. The van der Waals surface area contributed by atoms with E-state index in [1.807, 2.05) is 4.90 Å². The zero-order valence-corrected chi connectivity index (χ0v) is 13.9. The summed E-state index contributed by atoms with van der Waals surface area (Å²) in [6.07, 6.45) is 1.08. The van der Waals surface area contributed by atoms with Gasteiger partial charge in [0.05, 0.1) is 12.7 Å². The fourth-order valence-corrected chi connectivity index (χ4v) is 2.54. The highest BCUT2D eigenvalue weighted by atomic mass is 16.3. The summed E-state index contributed by atoms with van der Waals surface area (Å²) >= 11 is 0. The van der Waals surface area contributed by atoms with Crippen molar-refractivity contribution >= 4 is 17.6 Å². The standard InChI is InChI=1S/C17H25N3O4/c1-12-6-8-20(9-7-12)16(23)13-2-4-14(5-3-13)19-17(24)18-10-15(22)11-21/h2-5,12,15,21-22H,6-11H2,1H3,(H2,18,19,24). The van der Waals surface area contributed by atoms with Crippen LogP contribution in [0, 0.1) is 5.92 Å². The largest absolute Gasteiger partial charge is 0.394 e. The Morgan fingerprint density at radius 1 is 1.25 bits per heavy atom. The molecule has 0 aliphatic carbocycles. The van der Waals surface area contributed by atoms with Crippen LogP contribution in [0.15, 0.2) is 24.3 Å². The Balaban J connectivity index is 1.86. The molecular weight excluding hydrogens is 310 g/mol. The number of aliphatic hydroxyl groups excluding tert-OH is 2. The zero-order valence-electron chi connectivity index (χ0n) is 13.9. The first kappa shape index (κ1) is 18.2. The molecule has 1 aliphatic rings. The number of carbonyl (C=O) groups is 2. The summed E-state index contributed by atoms with van der Waals surface area (Å²) in [6.45, 7) is 3.33. The molecule has 0 radical (unpaired) electrons. The summed E-state index contributed by atoms with van der Waals surface area (Å²) in [7, 11) is 0. The summed E-state index contributed by atoms with van der Waals surface area (Å²) in [5, 5.41) is 22.9. The molecule has 1 aromatic rings. The van der Waals surface area contributed by atoms with Crippen molar-refractivity contribution in [2.24, 2.45) is 5.92 Å². The monoisotopic (exact) mass is 335 g/mol. The summed E-state index contributed by atoms with van der Waals surface area (Å²) < 4.78 is 0. The van der Waals surface area contributed by atoms with Gasteiger partial charge < -0.3 is 25.7 Å².